The molecule has 0 saturated carbocycles. The third-order valence-corrected chi connectivity index (χ3v) is 3.61. The maximum absolute atomic E-state index is 11.9. The average molecular weight is 314 g/mol. The summed E-state index contributed by atoms with van der Waals surface area (Å²) in [7, 11) is 0. The number of nitrogens with zero attached hydrogens (tertiary/aromatic N) is 1. The van der Waals surface area contributed by atoms with Gasteiger partial charge in [0, 0.05) is 6.54 Å². The number of carbonyl (C=O) groups is 2. The highest BCUT2D eigenvalue weighted by molar-refractivity contribution is 5.92. The molecule has 2 amide bonds. The Morgan fingerprint density at radius 2 is 1.83 bits per heavy atom. The molecule has 2 rings (SSSR count). The molecule has 0 aliphatic carbocycles. The van der Waals surface area contributed by atoms with Crippen LogP contribution in [0.4, 0.5) is 4.79 Å². The molecule has 0 atom stereocenters. The molecule has 0 unspecified atom stereocenters. The van der Waals surface area contributed by atoms with E-state index in [2.05, 4.69) is 29.6 Å². The zero-order chi connectivity index (χ0) is 16.7. The molecule has 122 valence electrons. The van der Waals surface area contributed by atoms with Crippen molar-refractivity contribution in [3.63, 3.8) is 0 Å². The largest absolute Gasteiger partial charge is 0.450 e. The first-order valence-corrected chi connectivity index (χ1v) is 7.79. The third-order valence-electron chi connectivity index (χ3n) is 3.61. The van der Waals surface area contributed by atoms with Gasteiger partial charge in [0.25, 0.3) is 0 Å². The quantitative estimate of drug-likeness (QED) is 0.890. The second kappa shape index (κ2) is 8.29. The molecule has 0 aliphatic heterocycles. The van der Waals surface area contributed by atoms with Gasteiger partial charge >= 0.3 is 6.09 Å². The van der Waals surface area contributed by atoms with Crippen LogP contribution in [0, 0.1) is 0 Å². The third kappa shape index (κ3) is 4.79. The van der Waals surface area contributed by atoms with Crippen molar-refractivity contribution in [1.29, 1.82) is 0 Å². The first-order valence-electron chi connectivity index (χ1n) is 7.79. The van der Waals surface area contributed by atoms with E-state index < -0.39 is 6.09 Å². The fraction of sp³-hybridized carbons (Fsp3) is 0.333. The predicted octanol–water partition coefficient (Wildman–Crippen LogP) is 2.93. The molecule has 1 N–H and O–H groups in total. The Balaban J connectivity index is 2.04. The number of carbonyl (C=O) groups excluding carboxylic acids is 2. The number of likely N-dealkylation sites (N-methyl/N-ethyl adjacent to an activating group) is 1. The topological polar surface area (TPSA) is 58.6 Å². The molecule has 0 aliphatic rings. The van der Waals surface area contributed by atoms with E-state index in [0.29, 0.717) is 13.1 Å². The van der Waals surface area contributed by atoms with E-state index in [1.54, 1.807) is 6.92 Å². The highest BCUT2D eigenvalue weighted by Crippen LogP contribution is 2.19. The number of hydrogen-bond donors (Lipinski definition) is 1. The van der Waals surface area contributed by atoms with Crippen LogP contribution in [0.3, 0.4) is 0 Å². The molecule has 0 saturated heterocycles. The average Bonchev–Trinajstić information content (AvgIpc) is 2.54. The Hall–Kier alpha value is -2.40. The highest BCUT2D eigenvalue weighted by Gasteiger charge is 2.14. The lowest BCUT2D eigenvalue weighted by atomic mass is 10.0. The predicted molar refractivity (Wildman–Crippen MR) is 90.1 cm³/mol. The molecule has 0 heterocycles. The summed E-state index contributed by atoms with van der Waals surface area (Å²) < 4.78 is 4.71. The Labute approximate surface area is 136 Å². The van der Waals surface area contributed by atoms with Gasteiger partial charge in [-0.3, -0.25) is 15.0 Å². The number of imide groups is 1. The van der Waals surface area contributed by atoms with Crippen LogP contribution >= 0.6 is 0 Å². The first-order chi connectivity index (χ1) is 11.1. The minimum Gasteiger partial charge on any atom is -0.450 e. The number of nitrogens with one attached hydrogen (secondary N) is 1. The second-order valence-corrected chi connectivity index (χ2v) is 5.21. The van der Waals surface area contributed by atoms with Gasteiger partial charge in [0.05, 0.1) is 13.2 Å². The summed E-state index contributed by atoms with van der Waals surface area (Å²) in [5.41, 5.74) is 1.16. The van der Waals surface area contributed by atoms with Crippen molar-refractivity contribution in [2.24, 2.45) is 0 Å². The van der Waals surface area contributed by atoms with Gasteiger partial charge in [-0.05, 0) is 29.8 Å². The van der Waals surface area contributed by atoms with Crippen LogP contribution in [-0.2, 0) is 16.1 Å². The fourth-order valence-electron chi connectivity index (χ4n) is 2.47. The van der Waals surface area contributed by atoms with Crippen LogP contribution in [0.2, 0.25) is 0 Å². The summed E-state index contributed by atoms with van der Waals surface area (Å²) in [5.74, 6) is -0.356. The summed E-state index contributed by atoms with van der Waals surface area (Å²) in [6, 6.07) is 14.3. The van der Waals surface area contributed by atoms with Crippen LogP contribution in [0.1, 0.15) is 19.4 Å². The van der Waals surface area contributed by atoms with Gasteiger partial charge < -0.3 is 4.74 Å². The maximum Gasteiger partial charge on any atom is 0.413 e. The van der Waals surface area contributed by atoms with Gasteiger partial charge in [-0.1, -0.05) is 49.4 Å². The van der Waals surface area contributed by atoms with Crippen LogP contribution < -0.4 is 5.32 Å². The number of amides is 2. The minimum atomic E-state index is -0.696. The number of rotatable bonds is 6. The van der Waals surface area contributed by atoms with Crippen LogP contribution in [-0.4, -0.2) is 36.6 Å². The molecule has 5 heteroatoms. The summed E-state index contributed by atoms with van der Waals surface area (Å²) in [6.07, 6.45) is -0.696. The molecule has 0 spiro atoms. The van der Waals surface area contributed by atoms with Crippen LogP contribution in [0.25, 0.3) is 10.8 Å². The van der Waals surface area contributed by atoms with Crippen molar-refractivity contribution in [1.82, 2.24) is 10.2 Å². The number of alkyl carbamates (subject to hydrolysis) is 1. The zero-order valence-corrected chi connectivity index (χ0v) is 13.5. The molecule has 0 radical (unpaired) electrons. The Bertz CT molecular complexity index is 680. The standard InChI is InChI=1S/C18H22N2O3/c1-3-20(13-17(21)19-18(22)23-4-2)12-15-10-7-9-14-8-5-6-11-16(14)15/h5-11H,3-4,12-13H2,1-2H3,(H,19,21,22). The van der Waals surface area contributed by atoms with E-state index in [9.17, 15) is 9.59 Å². The minimum absolute atomic E-state index is 0.151. The van der Waals surface area contributed by atoms with Crippen molar-refractivity contribution >= 4 is 22.8 Å². The number of benzene rings is 2. The van der Waals surface area contributed by atoms with Crippen molar-refractivity contribution in [3.05, 3.63) is 48.0 Å². The lowest BCUT2D eigenvalue weighted by Gasteiger charge is -2.20. The molecule has 2 aromatic rings. The van der Waals surface area contributed by atoms with Gasteiger partial charge in [-0.2, -0.15) is 0 Å². The number of ether oxygens (including phenoxy) is 1. The van der Waals surface area contributed by atoms with E-state index in [-0.39, 0.29) is 19.1 Å². The fourth-order valence-corrected chi connectivity index (χ4v) is 2.47. The molecule has 0 aromatic heterocycles. The molecular weight excluding hydrogens is 292 g/mol. The van der Waals surface area contributed by atoms with Gasteiger partial charge in [0.15, 0.2) is 0 Å². The number of hydrogen-bond acceptors (Lipinski definition) is 4. The summed E-state index contributed by atoms with van der Waals surface area (Å²) in [5, 5.41) is 4.58. The molecule has 5 nitrogen and oxygen atoms in total. The lowest BCUT2D eigenvalue weighted by molar-refractivity contribution is -0.121. The molecular formula is C18H22N2O3. The Morgan fingerprint density at radius 3 is 2.57 bits per heavy atom. The lowest BCUT2D eigenvalue weighted by Crippen LogP contribution is -2.40. The Kier molecular flexibility index (Phi) is 6.11. The van der Waals surface area contributed by atoms with Gasteiger partial charge in [-0.15, -0.1) is 0 Å². The van der Waals surface area contributed by atoms with E-state index >= 15 is 0 Å². The van der Waals surface area contributed by atoms with Crippen molar-refractivity contribution < 1.29 is 14.3 Å². The maximum atomic E-state index is 11.9. The Morgan fingerprint density at radius 1 is 1.09 bits per heavy atom. The summed E-state index contributed by atoms with van der Waals surface area (Å²) >= 11 is 0. The second-order valence-electron chi connectivity index (χ2n) is 5.21. The molecule has 0 fully saturated rings. The monoisotopic (exact) mass is 314 g/mol. The van der Waals surface area contributed by atoms with Crippen molar-refractivity contribution in [2.75, 3.05) is 19.7 Å². The van der Waals surface area contributed by atoms with Crippen molar-refractivity contribution in [2.45, 2.75) is 20.4 Å². The highest BCUT2D eigenvalue weighted by atomic mass is 16.5. The van der Waals surface area contributed by atoms with Gasteiger partial charge in [0.2, 0.25) is 5.91 Å². The summed E-state index contributed by atoms with van der Waals surface area (Å²) in [6.45, 7) is 5.43. The zero-order valence-electron chi connectivity index (χ0n) is 13.5. The number of fused-ring (bicyclic) bond motifs is 1. The van der Waals surface area contributed by atoms with Crippen molar-refractivity contribution in [3.8, 4) is 0 Å². The summed E-state index contributed by atoms with van der Waals surface area (Å²) in [4.78, 5) is 25.2. The first kappa shape index (κ1) is 17.0. The molecule has 23 heavy (non-hydrogen) atoms. The van der Waals surface area contributed by atoms with Gasteiger partial charge in [0.1, 0.15) is 0 Å². The van der Waals surface area contributed by atoms with E-state index in [1.807, 2.05) is 30.0 Å². The SMILES string of the molecule is CCOC(=O)NC(=O)CN(CC)Cc1cccc2ccccc12. The van der Waals surface area contributed by atoms with E-state index in [0.717, 1.165) is 5.56 Å². The van der Waals surface area contributed by atoms with Crippen LogP contribution in [0.5, 0.6) is 0 Å². The van der Waals surface area contributed by atoms with Crippen LogP contribution in [0.15, 0.2) is 42.5 Å². The van der Waals surface area contributed by atoms with Gasteiger partial charge in [-0.25, -0.2) is 4.79 Å². The smallest absolute Gasteiger partial charge is 0.413 e. The van der Waals surface area contributed by atoms with E-state index in [4.69, 9.17) is 4.74 Å². The molecule has 0 bridgehead atoms. The molecule has 2 aromatic carbocycles. The normalized spacial score (nSPS) is 10.7. The van der Waals surface area contributed by atoms with E-state index in [1.165, 1.54) is 10.8 Å².